The fourth-order valence-electron chi connectivity index (χ4n) is 7.92. The summed E-state index contributed by atoms with van der Waals surface area (Å²) in [6, 6.07) is 4.44. The molecule has 3 aliphatic heterocycles. The van der Waals surface area contributed by atoms with Crippen LogP contribution in [0.4, 0.5) is 0 Å². The molecule has 10 unspecified atom stereocenters. The molecule has 0 radical (unpaired) electrons. The quantitative estimate of drug-likeness (QED) is 0.294. The number of benzene rings is 1. The highest BCUT2D eigenvalue weighted by molar-refractivity contribution is 5.38. The molecule has 244 valence electrons. The first-order chi connectivity index (χ1) is 20.7. The van der Waals surface area contributed by atoms with Gasteiger partial charge < -0.3 is 33.5 Å². The molecule has 1 N–H and O–H groups in total. The average molecular weight is 603 g/mol. The van der Waals surface area contributed by atoms with Crippen LogP contribution in [-0.4, -0.2) is 60.4 Å². The Morgan fingerprint density at radius 2 is 1.33 bits per heavy atom. The molecule has 1 aromatic rings. The van der Waals surface area contributed by atoms with E-state index in [2.05, 4.69) is 46.8 Å². The summed E-state index contributed by atoms with van der Waals surface area (Å²) in [6.45, 7) is 12.7. The molecule has 3 heterocycles. The zero-order chi connectivity index (χ0) is 30.5. The van der Waals surface area contributed by atoms with E-state index in [1.165, 1.54) is 48.8 Å². The van der Waals surface area contributed by atoms with Crippen LogP contribution in [0.5, 0.6) is 0 Å². The van der Waals surface area contributed by atoms with Crippen molar-refractivity contribution in [2.45, 2.75) is 187 Å². The maximum absolute atomic E-state index is 10.3. The van der Waals surface area contributed by atoms with Crippen molar-refractivity contribution in [2.24, 2.45) is 5.92 Å². The Labute approximate surface area is 260 Å². The van der Waals surface area contributed by atoms with Crippen molar-refractivity contribution in [3.05, 3.63) is 34.4 Å². The van der Waals surface area contributed by atoms with Gasteiger partial charge in [0, 0.05) is 37.2 Å². The number of aryl methyl sites for hydroxylation is 3. The van der Waals surface area contributed by atoms with E-state index in [-0.39, 0.29) is 61.6 Å². The molecule has 43 heavy (non-hydrogen) atoms. The standard InChI is InChI=1S/C36H58O7/c1-7-27(37)17-29-19-30(40-33(8-2)39-29)20-32-21-31(41-35(42-32)26-12-10-9-11-13-26)18-28-16-25(6)38-36(43-28)34-23(4)14-22(3)15-24(34)5/h14-15,25-33,35-37H,7-13,16-21H2,1-6H3. The fourth-order valence-corrected chi connectivity index (χ4v) is 7.92. The van der Waals surface area contributed by atoms with Crippen LogP contribution in [0.25, 0.3) is 0 Å². The van der Waals surface area contributed by atoms with E-state index in [0.29, 0.717) is 12.3 Å². The third-order valence-corrected chi connectivity index (χ3v) is 10.1. The highest BCUT2D eigenvalue weighted by atomic mass is 16.7. The van der Waals surface area contributed by atoms with Gasteiger partial charge in [-0.2, -0.15) is 0 Å². The van der Waals surface area contributed by atoms with Crippen molar-refractivity contribution in [1.82, 2.24) is 0 Å². The number of hydrogen-bond donors (Lipinski definition) is 1. The van der Waals surface area contributed by atoms with Crippen molar-refractivity contribution in [1.29, 1.82) is 0 Å². The lowest BCUT2D eigenvalue weighted by Gasteiger charge is -2.44. The van der Waals surface area contributed by atoms with Gasteiger partial charge in [0.1, 0.15) is 0 Å². The van der Waals surface area contributed by atoms with E-state index in [0.717, 1.165) is 50.5 Å². The maximum Gasteiger partial charge on any atom is 0.184 e. The molecular weight excluding hydrogens is 544 g/mol. The number of aliphatic hydroxyl groups is 1. The summed E-state index contributed by atoms with van der Waals surface area (Å²) in [4.78, 5) is 0. The SMILES string of the molecule is CCC(O)CC1CC(CC2CC(CC3CC(C)OC(c4c(C)cc(C)cc4C)O3)OC(C3CCCCC3)O2)OC(CC)O1. The van der Waals surface area contributed by atoms with Gasteiger partial charge in [-0.25, -0.2) is 0 Å². The first-order valence-electron chi connectivity index (χ1n) is 17.4. The summed E-state index contributed by atoms with van der Waals surface area (Å²) in [6.07, 6.45) is 11.9. The van der Waals surface area contributed by atoms with E-state index < -0.39 is 0 Å². The van der Waals surface area contributed by atoms with Crippen LogP contribution in [-0.2, 0) is 28.4 Å². The second kappa shape index (κ2) is 15.5. The highest BCUT2D eigenvalue weighted by Gasteiger charge is 2.41. The Morgan fingerprint density at radius 3 is 1.95 bits per heavy atom. The minimum atomic E-state index is -0.351. The van der Waals surface area contributed by atoms with Crippen LogP contribution in [0, 0.1) is 26.7 Å². The lowest BCUT2D eigenvalue weighted by Crippen LogP contribution is -2.47. The Balaban J connectivity index is 1.27. The Bertz CT molecular complexity index is 984. The molecule has 0 aromatic heterocycles. The minimum Gasteiger partial charge on any atom is -0.393 e. The van der Waals surface area contributed by atoms with Gasteiger partial charge in [0.05, 0.1) is 42.7 Å². The number of aliphatic hydroxyl groups excluding tert-OH is 1. The van der Waals surface area contributed by atoms with Crippen molar-refractivity contribution >= 4 is 0 Å². The van der Waals surface area contributed by atoms with Crippen molar-refractivity contribution in [3.8, 4) is 0 Å². The van der Waals surface area contributed by atoms with Gasteiger partial charge in [0.2, 0.25) is 0 Å². The Morgan fingerprint density at radius 1 is 0.744 bits per heavy atom. The summed E-state index contributed by atoms with van der Waals surface area (Å²) in [5.41, 5.74) is 4.88. The van der Waals surface area contributed by atoms with Crippen LogP contribution in [0.2, 0.25) is 0 Å². The first-order valence-corrected chi connectivity index (χ1v) is 17.4. The van der Waals surface area contributed by atoms with Gasteiger partial charge in [-0.15, -0.1) is 0 Å². The molecule has 7 nitrogen and oxygen atoms in total. The zero-order valence-corrected chi connectivity index (χ0v) is 27.6. The van der Waals surface area contributed by atoms with E-state index >= 15 is 0 Å². The van der Waals surface area contributed by atoms with E-state index in [1.807, 2.05) is 6.92 Å². The maximum atomic E-state index is 10.3. The Hall–Kier alpha value is -1.06. The van der Waals surface area contributed by atoms with Crippen LogP contribution in [0.3, 0.4) is 0 Å². The zero-order valence-electron chi connectivity index (χ0n) is 27.6. The van der Waals surface area contributed by atoms with Gasteiger partial charge in [-0.3, -0.25) is 0 Å². The Kier molecular flexibility index (Phi) is 12.0. The minimum absolute atomic E-state index is 0.0196. The molecule has 4 aliphatic rings. The summed E-state index contributed by atoms with van der Waals surface area (Å²) < 4.78 is 39.1. The molecule has 0 bridgehead atoms. The number of ether oxygens (including phenoxy) is 6. The van der Waals surface area contributed by atoms with Crippen LogP contribution < -0.4 is 0 Å². The van der Waals surface area contributed by atoms with Crippen LogP contribution >= 0.6 is 0 Å². The van der Waals surface area contributed by atoms with Gasteiger partial charge >= 0.3 is 0 Å². The van der Waals surface area contributed by atoms with Crippen molar-refractivity contribution < 1.29 is 33.5 Å². The third kappa shape index (κ3) is 9.02. The monoisotopic (exact) mass is 602 g/mol. The van der Waals surface area contributed by atoms with Crippen molar-refractivity contribution in [2.75, 3.05) is 0 Å². The lowest BCUT2D eigenvalue weighted by atomic mass is 9.87. The second-order valence-electron chi connectivity index (χ2n) is 14.0. The normalized spacial score (nSPS) is 36.9. The molecule has 10 atom stereocenters. The van der Waals surface area contributed by atoms with Gasteiger partial charge in [0.25, 0.3) is 0 Å². The molecule has 0 spiro atoms. The van der Waals surface area contributed by atoms with E-state index in [1.54, 1.807) is 0 Å². The summed E-state index contributed by atoms with van der Waals surface area (Å²) >= 11 is 0. The fraction of sp³-hybridized carbons (Fsp3) is 0.833. The van der Waals surface area contributed by atoms with Gasteiger partial charge in [-0.1, -0.05) is 50.8 Å². The molecule has 1 saturated carbocycles. The first kappa shape index (κ1) is 33.3. The molecule has 7 heteroatoms. The van der Waals surface area contributed by atoms with Gasteiger partial charge in [-0.05, 0) is 77.3 Å². The third-order valence-electron chi connectivity index (χ3n) is 10.1. The molecule has 4 fully saturated rings. The molecule has 5 rings (SSSR count). The molecule has 1 aliphatic carbocycles. The molecular formula is C36H58O7. The topological polar surface area (TPSA) is 75.6 Å². The predicted octanol–water partition coefficient (Wildman–Crippen LogP) is 7.74. The summed E-state index contributed by atoms with van der Waals surface area (Å²) in [5.74, 6) is 0.450. The van der Waals surface area contributed by atoms with Crippen LogP contribution in [0.15, 0.2) is 12.1 Å². The molecule has 0 amide bonds. The van der Waals surface area contributed by atoms with Gasteiger partial charge in [0.15, 0.2) is 18.9 Å². The molecule has 1 aromatic carbocycles. The average Bonchev–Trinajstić information content (AvgIpc) is 2.96. The summed E-state index contributed by atoms with van der Waals surface area (Å²) in [5, 5.41) is 10.3. The van der Waals surface area contributed by atoms with E-state index in [4.69, 9.17) is 28.4 Å². The summed E-state index contributed by atoms with van der Waals surface area (Å²) in [7, 11) is 0. The number of rotatable bonds is 10. The molecule has 3 saturated heterocycles. The van der Waals surface area contributed by atoms with E-state index in [9.17, 15) is 5.11 Å². The van der Waals surface area contributed by atoms with Crippen molar-refractivity contribution in [3.63, 3.8) is 0 Å². The van der Waals surface area contributed by atoms with Crippen LogP contribution in [0.1, 0.15) is 133 Å². The lowest BCUT2D eigenvalue weighted by molar-refractivity contribution is -0.296. The smallest absolute Gasteiger partial charge is 0.184 e. The number of hydrogen-bond acceptors (Lipinski definition) is 7. The highest BCUT2D eigenvalue weighted by Crippen LogP contribution is 2.40. The second-order valence-corrected chi connectivity index (χ2v) is 14.0. The predicted molar refractivity (Wildman–Crippen MR) is 167 cm³/mol. The largest absolute Gasteiger partial charge is 0.393 e.